The number of imidazole rings is 1. The number of nitrogens with one attached hydrogen (secondary N) is 1. The molecule has 2 atom stereocenters. The molecule has 1 aliphatic carbocycles. The summed E-state index contributed by atoms with van der Waals surface area (Å²) < 4.78 is 21.6. The van der Waals surface area contributed by atoms with Crippen LogP contribution in [0.15, 0.2) is 95.8 Å². The molecule has 0 amide bonds. The van der Waals surface area contributed by atoms with E-state index >= 15 is 0 Å². The average Bonchev–Trinajstić information content (AvgIpc) is 3.39. The predicted octanol–water partition coefficient (Wildman–Crippen LogP) is 5.43. The van der Waals surface area contributed by atoms with Gasteiger partial charge in [0.05, 0.1) is 42.2 Å². The fraction of sp³-hybridized carbons (Fsp3) is 0.267. The number of hydrogen-bond acceptors (Lipinski definition) is 5. The summed E-state index contributed by atoms with van der Waals surface area (Å²) in [6, 6.07) is 15.4. The molecule has 0 bridgehead atoms. The Morgan fingerprint density at radius 1 is 1.16 bits per heavy atom. The van der Waals surface area contributed by atoms with Gasteiger partial charge >= 0.3 is 0 Å². The minimum absolute atomic E-state index is 0.0434. The van der Waals surface area contributed by atoms with Crippen molar-refractivity contribution in [3.8, 4) is 11.8 Å². The van der Waals surface area contributed by atoms with Crippen molar-refractivity contribution in [2.45, 2.75) is 43.3 Å². The number of benzene rings is 2. The van der Waals surface area contributed by atoms with E-state index in [0.717, 1.165) is 46.9 Å². The number of allylic oxidation sites excluding steroid dienone is 5. The molecule has 1 N–H and O–H groups in total. The third kappa shape index (κ3) is 5.96. The molecule has 8 heteroatoms. The Balaban J connectivity index is 1.56. The van der Waals surface area contributed by atoms with Crippen molar-refractivity contribution in [2.24, 2.45) is 0 Å². The summed E-state index contributed by atoms with van der Waals surface area (Å²) in [4.78, 5) is 10.5. The average molecular weight is 526 g/mol. The van der Waals surface area contributed by atoms with E-state index in [1.54, 1.807) is 13.4 Å². The number of H-pyrrole nitrogens is 1. The maximum absolute atomic E-state index is 14.2. The molecule has 7 nitrogen and oxygen atoms in total. The van der Waals surface area contributed by atoms with E-state index in [1.165, 1.54) is 5.57 Å². The summed E-state index contributed by atoms with van der Waals surface area (Å²) in [6.07, 6.45) is 17.1. The van der Waals surface area contributed by atoms with Gasteiger partial charge in [-0.15, -0.1) is 0 Å². The molecule has 0 saturated carbocycles. The van der Waals surface area contributed by atoms with E-state index in [2.05, 4.69) is 55.6 Å². The van der Waals surface area contributed by atoms with Crippen molar-refractivity contribution in [3.63, 3.8) is 0 Å². The first-order valence-corrected chi connectivity index (χ1v) is 13.8. The smallest absolute Gasteiger partial charge is 0.128 e. The lowest BCUT2D eigenvalue weighted by Gasteiger charge is -2.32. The number of aromatic nitrogens is 2. The monoisotopic (exact) mass is 525 g/mol. The maximum Gasteiger partial charge on any atom is 0.128 e. The van der Waals surface area contributed by atoms with Crippen LogP contribution in [0.3, 0.4) is 0 Å². The molecule has 5 rings (SSSR count). The van der Waals surface area contributed by atoms with Crippen LogP contribution in [0.5, 0.6) is 5.75 Å². The summed E-state index contributed by atoms with van der Waals surface area (Å²) in [7, 11) is 0.205. The zero-order valence-corrected chi connectivity index (χ0v) is 22.2. The largest absolute Gasteiger partial charge is 0.497 e. The molecular weight excluding hydrogens is 494 g/mol. The van der Waals surface area contributed by atoms with E-state index in [-0.39, 0.29) is 6.04 Å². The highest BCUT2D eigenvalue weighted by Crippen LogP contribution is 2.34. The highest BCUT2D eigenvalue weighted by Gasteiger charge is 2.32. The number of nitrogens with zero attached hydrogens (tertiary/aromatic N) is 4. The van der Waals surface area contributed by atoms with Crippen LogP contribution in [0.2, 0.25) is 0 Å². The molecule has 2 aromatic carbocycles. The van der Waals surface area contributed by atoms with E-state index in [4.69, 9.17) is 4.74 Å². The second kappa shape index (κ2) is 12.1. The van der Waals surface area contributed by atoms with Gasteiger partial charge in [0.1, 0.15) is 16.7 Å². The SMILES string of the molecule is COc1ccc(S(=O)N2Cc3cc(C#N)ccc3N(Cc3cnc[nH]3)C[C@H]2CC2=C/C/C=C\C/C=C\2)cc1. The summed E-state index contributed by atoms with van der Waals surface area (Å²) in [5.41, 5.74) is 4.86. The molecule has 3 aromatic rings. The van der Waals surface area contributed by atoms with Gasteiger partial charge < -0.3 is 14.6 Å². The molecule has 0 radical (unpaired) electrons. The highest BCUT2D eigenvalue weighted by molar-refractivity contribution is 7.82. The Morgan fingerprint density at radius 3 is 2.76 bits per heavy atom. The molecule has 0 fully saturated rings. The lowest BCUT2D eigenvalue weighted by molar-refractivity contribution is 0.337. The third-order valence-electron chi connectivity index (χ3n) is 6.86. The first-order valence-electron chi connectivity index (χ1n) is 12.7. The van der Waals surface area contributed by atoms with Gasteiger partial charge in [0.25, 0.3) is 0 Å². The normalized spacial score (nSPS) is 21.5. The van der Waals surface area contributed by atoms with Crippen molar-refractivity contribution in [3.05, 3.63) is 108 Å². The predicted molar refractivity (Wildman–Crippen MR) is 150 cm³/mol. The topological polar surface area (TPSA) is 85.2 Å². The van der Waals surface area contributed by atoms with Crippen LogP contribution in [0.1, 0.15) is 36.1 Å². The minimum atomic E-state index is -1.42. The number of fused-ring (bicyclic) bond motifs is 1. The molecular formula is C30H31N5O2S. The van der Waals surface area contributed by atoms with Crippen LogP contribution in [0, 0.1) is 11.3 Å². The molecule has 1 unspecified atom stereocenters. The summed E-state index contributed by atoms with van der Waals surface area (Å²) >= 11 is 0. The molecule has 1 aliphatic heterocycles. The first-order chi connectivity index (χ1) is 18.6. The number of hydrogen-bond donors (Lipinski definition) is 1. The first kappa shape index (κ1) is 25.7. The second-order valence-electron chi connectivity index (χ2n) is 9.39. The zero-order valence-electron chi connectivity index (χ0n) is 21.4. The maximum atomic E-state index is 14.2. The van der Waals surface area contributed by atoms with Crippen LogP contribution in [0.4, 0.5) is 5.69 Å². The fourth-order valence-corrected chi connectivity index (χ4v) is 6.25. The molecule has 0 spiro atoms. The Morgan fingerprint density at radius 2 is 2.00 bits per heavy atom. The van der Waals surface area contributed by atoms with Crippen molar-refractivity contribution in [1.82, 2.24) is 14.3 Å². The lowest BCUT2D eigenvalue weighted by Crippen LogP contribution is -2.42. The van der Waals surface area contributed by atoms with Crippen molar-refractivity contribution < 1.29 is 8.95 Å². The van der Waals surface area contributed by atoms with E-state index in [0.29, 0.717) is 25.2 Å². The zero-order chi connectivity index (χ0) is 26.3. The summed E-state index contributed by atoms with van der Waals surface area (Å²) in [5.74, 6) is 0.728. The molecule has 0 saturated heterocycles. The number of methoxy groups -OCH3 is 1. The molecule has 194 valence electrons. The number of nitriles is 1. The molecule has 2 aliphatic rings. The Kier molecular flexibility index (Phi) is 8.17. The Labute approximate surface area is 226 Å². The van der Waals surface area contributed by atoms with Crippen molar-refractivity contribution >= 4 is 16.7 Å². The Hall–Kier alpha value is -3.93. The van der Waals surface area contributed by atoms with Gasteiger partial charge in [-0.25, -0.2) is 13.5 Å². The van der Waals surface area contributed by atoms with Gasteiger partial charge in [0, 0.05) is 31.0 Å². The quantitative estimate of drug-likeness (QED) is 0.416. The molecule has 1 aromatic heterocycles. The van der Waals surface area contributed by atoms with Crippen molar-refractivity contribution in [2.75, 3.05) is 18.6 Å². The lowest BCUT2D eigenvalue weighted by atomic mass is 10.0. The van der Waals surface area contributed by atoms with Crippen LogP contribution in [-0.4, -0.2) is 38.2 Å². The van der Waals surface area contributed by atoms with Gasteiger partial charge in [-0.1, -0.05) is 36.0 Å². The number of ether oxygens (including phenoxy) is 1. The van der Waals surface area contributed by atoms with Gasteiger partial charge in [-0.3, -0.25) is 0 Å². The van der Waals surface area contributed by atoms with E-state index in [1.807, 2.05) is 48.7 Å². The van der Waals surface area contributed by atoms with E-state index < -0.39 is 11.0 Å². The fourth-order valence-electron chi connectivity index (χ4n) is 4.95. The van der Waals surface area contributed by atoms with E-state index in [9.17, 15) is 9.47 Å². The van der Waals surface area contributed by atoms with Crippen LogP contribution >= 0.6 is 0 Å². The Bertz CT molecular complexity index is 1400. The van der Waals surface area contributed by atoms with Gasteiger partial charge in [0.2, 0.25) is 0 Å². The number of anilines is 1. The van der Waals surface area contributed by atoms with Crippen LogP contribution in [-0.2, 0) is 24.1 Å². The summed E-state index contributed by atoms with van der Waals surface area (Å²) in [5, 5.41) is 9.62. The van der Waals surface area contributed by atoms with Crippen molar-refractivity contribution in [1.29, 1.82) is 5.26 Å². The molecule has 38 heavy (non-hydrogen) atoms. The summed E-state index contributed by atoms with van der Waals surface area (Å²) in [6.45, 7) is 1.77. The van der Waals surface area contributed by atoms with Crippen LogP contribution < -0.4 is 9.64 Å². The minimum Gasteiger partial charge on any atom is -0.497 e. The standard InChI is InChI=1S/C30H31N5O2S/c1-37-28-10-12-29(13-11-28)38(36)35-19-25-15-24(17-31)9-14-30(25)34(20-26-18-32-22-33-26)21-27(35)16-23-7-5-3-2-4-6-8-23/h2-3,6-15,18,22,27H,4-5,16,19-21H2,1H3,(H,32,33)/b3-2-,8-6-,23-7+/t27-,38?/m1/s1. The third-order valence-corrected chi connectivity index (χ3v) is 8.39. The number of rotatable bonds is 7. The van der Waals surface area contributed by atoms with Gasteiger partial charge in [0.15, 0.2) is 0 Å². The van der Waals surface area contributed by atoms with Gasteiger partial charge in [-0.05, 0) is 67.3 Å². The van der Waals surface area contributed by atoms with Crippen LogP contribution in [0.25, 0.3) is 0 Å². The second-order valence-corrected chi connectivity index (χ2v) is 10.8. The van der Waals surface area contributed by atoms with Gasteiger partial charge in [-0.2, -0.15) is 5.26 Å². The number of aromatic amines is 1. The molecule has 2 heterocycles. The highest BCUT2D eigenvalue weighted by atomic mass is 32.2.